The van der Waals surface area contributed by atoms with Crippen LogP contribution in [0.1, 0.15) is 24.3 Å². The van der Waals surface area contributed by atoms with Crippen molar-refractivity contribution in [3.8, 4) is 5.75 Å². The number of benzene rings is 1. The summed E-state index contributed by atoms with van der Waals surface area (Å²) in [6.07, 6.45) is 2.23. The van der Waals surface area contributed by atoms with E-state index < -0.39 is 41.6 Å². The molecule has 4 atom stereocenters. The minimum Gasteiger partial charge on any atom is -0.508 e. The van der Waals surface area contributed by atoms with Crippen molar-refractivity contribution in [2.45, 2.75) is 18.8 Å². The van der Waals surface area contributed by atoms with E-state index >= 15 is 0 Å². The van der Waals surface area contributed by atoms with Crippen molar-refractivity contribution in [3.05, 3.63) is 62.1 Å². The van der Waals surface area contributed by atoms with Gasteiger partial charge in [-0.05, 0) is 52.4 Å². The van der Waals surface area contributed by atoms with E-state index in [1.165, 1.54) is 18.2 Å². The van der Waals surface area contributed by atoms with Gasteiger partial charge in [-0.25, -0.2) is 4.79 Å². The normalized spacial score (nSPS) is 28.3. The van der Waals surface area contributed by atoms with E-state index in [-0.39, 0.29) is 50.8 Å². The van der Waals surface area contributed by atoms with Gasteiger partial charge in [0.1, 0.15) is 5.75 Å². The van der Waals surface area contributed by atoms with Gasteiger partial charge in [-0.2, -0.15) is 4.90 Å². The first-order valence-corrected chi connectivity index (χ1v) is 11.7. The molecule has 1 N–H and O–H groups in total. The largest absolute Gasteiger partial charge is 0.508 e. The van der Waals surface area contributed by atoms with E-state index in [0.717, 1.165) is 7.11 Å². The lowest BCUT2D eigenvalue weighted by Gasteiger charge is -2.42. The van der Waals surface area contributed by atoms with Gasteiger partial charge in [0.2, 0.25) is 11.8 Å². The van der Waals surface area contributed by atoms with Crippen LogP contribution in [-0.2, 0) is 23.9 Å². The Morgan fingerprint density at radius 3 is 2.59 bits per heavy atom. The number of carbonyl (C=O) groups excluding carboxylic acids is 5. The number of halogens is 2. The lowest BCUT2D eigenvalue weighted by atomic mass is 9.59. The highest BCUT2D eigenvalue weighted by molar-refractivity contribution is 9.12. The number of imide groups is 3. The number of Topliss-reactive ketones (excluding diaryl/α,β-unsaturated/α-hetero) is 1. The minimum absolute atomic E-state index is 0.0630. The monoisotopic (exact) mass is 545 g/mol. The maximum atomic E-state index is 13.3. The first-order chi connectivity index (χ1) is 16.1. The number of rotatable bonds is 1. The summed E-state index contributed by atoms with van der Waals surface area (Å²) in [5.74, 6) is -5.12. The number of phenols is 1. The molecule has 5 rings (SSSR count). The fourth-order valence-corrected chi connectivity index (χ4v) is 6.31. The van der Waals surface area contributed by atoms with Crippen LogP contribution in [0.15, 0.2) is 51.6 Å². The molecule has 10 heteroatoms. The average molecular weight is 547 g/mol. The summed E-state index contributed by atoms with van der Waals surface area (Å²) in [7, 11) is 1.09. The second-order valence-corrected chi connectivity index (χ2v) is 9.84. The summed E-state index contributed by atoms with van der Waals surface area (Å²) >= 11 is 9.62. The van der Waals surface area contributed by atoms with Crippen LogP contribution in [0.25, 0.3) is 0 Å². The van der Waals surface area contributed by atoms with Gasteiger partial charge in [0.15, 0.2) is 11.6 Å². The summed E-state index contributed by atoms with van der Waals surface area (Å²) in [4.78, 5) is 65.1. The van der Waals surface area contributed by atoms with Crippen molar-refractivity contribution in [2.24, 2.45) is 17.8 Å². The van der Waals surface area contributed by atoms with Gasteiger partial charge in [-0.3, -0.25) is 19.2 Å². The Morgan fingerprint density at radius 2 is 1.91 bits per heavy atom. The van der Waals surface area contributed by atoms with Gasteiger partial charge < -0.3 is 9.84 Å². The number of amides is 3. The molecule has 34 heavy (non-hydrogen) atoms. The predicted octanol–water partition coefficient (Wildman–Crippen LogP) is 3.57. The van der Waals surface area contributed by atoms with E-state index in [1.807, 2.05) is 0 Å². The highest BCUT2D eigenvalue weighted by Gasteiger charge is 2.58. The fraction of sp³-hybridized carbons (Fsp3) is 0.292. The molecule has 3 aliphatic carbocycles. The molecule has 8 nitrogen and oxygen atoms in total. The SMILES string of the molecule is COC(=O)N1C(=O)[C@H]2[C@H](CC=C3[C@H](c4ccc(O)cc4Cl)C4=C(C[C@H]32)C(=O)C(Br)=CC4=O)C1=O. The molecule has 0 spiro atoms. The lowest BCUT2D eigenvalue weighted by molar-refractivity contribution is -0.137. The smallest absolute Gasteiger partial charge is 0.423 e. The summed E-state index contributed by atoms with van der Waals surface area (Å²) < 4.78 is 4.74. The maximum Gasteiger partial charge on any atom is 0.423 e. The standard InChI is InChI=1S/C24H17BrClNO7/c1-34-24(33)27-22(31)12-5-4-10-13(19(12)23(27)32)7-14-20(17(29)8-15(25)21(14)30)18(10)11-3-2-9(28)6-16(11)26/h2-4,6,8,12-13,18-19,28H,5,7H2,1H3/t12-,13+,18+,19-/m0/s1. The van der Waals surface area contributed by atoms with E-state index in [1.54, 1.807) is 12.1 Å². The number of phenolic OH excluding ortho intramolecular Hbond substituents is 1. The molecule has 1 fully saturated rings. The van der Waals surface area contributed by atoms with E-state index in [2.05, 4.69) is 20.7 Å². The second-order valence-electron chi connectivity index (χ2n) is 8.58. The zero-order valence-corrected chi connectivity index (χ0v) is 20.1. The molecule has 1 aliphatic heterocycles. The topological polar surface area (TPSA) is 118 Å². The molecule has 1 saturated heterocycles. The third kappa shape index (κ3) is 3.14. The summed E-state index contributed by atoms with van der Waals surface area (Å²) in [5, 5.41) is 10.0. The number of methoxy groups -OCH3 is 1. The number of hydrogen-bond donors (Lipinski definition) is 1. The van der Waals surface area contributed by atoms with Gasteiger partial charge in [0.25, 0.3) is 0 Å². The number of ketones is 2. The Labute approximate surface area is 207 Å². The van der Waals surface area contributed by atoms with Crippen molar-refractivity contribution in [1.29, 1.82) is 0 Å². The third-order valence-corrected chi connectivity index (χ3v) is 7.90. The molecule has 0 saturated carbocycles. The molecule has 0 bridgehead atoms. The fourth-order valence-electron chi connectivity index (χ4n) is 5.58. The van der Waals surface area contributed by atoms with Crippen LogP contribution in [0.5, 0.6) is 5.75 Å². The molecule has 0 aromatic heterocycles. The number of fused-ring (bicyclic) bond motifs is 3. The van der Waals surface area contributed by atoms with Crippen LogP contribution in [-0.4, -0.2) is 46.6 Å². The van der Waals surface area contributed by atoms with Gasteiger partial charge in [0.05, 0.1) is 23.4 Å². The van der Waals surface area contributed by atoms with Crippen molar-refractivity contribution < 1.29 is 33.8 Å². The van der Waals surface area contributed by atoms with E-state index in [9.17, 15) is 29.1 Å². The summed E-state index contributed by atoms with van der Waals surface area (Å²) in [6.45, 7) is 0. The number of hydrogen-bond acceptors (Lipinski definition) is 7. The molecule has 174 valence electrons. The minimum atomic E-state index is -1.05. The molecular weight excluding hydrogens is 530 g/mol. The van der Waals surface area contributed by atoms with Crippen LogP contribution < -0.4 is 0 Å². The van der Waals surface area contributed by atoms with Gasteiger partial charge in [-0.1, -0.05) is 29.3 Å². The number of nitrogens with zero attached hydrogens (tertiary/aromatic N) is 1. The molecule has 0 unspecified atom stereocenters. The Bertz CT molecular complexity index is 1310. The number of likely N-dealkylation sites (tertiary alicyclic amines) is 1. The van der Waals surface area contributed by atoms with Gasteiger partial charge in [-0.15, -0.1) is 0 Å². The third-order valence-electron chi connectivity index (χ3n) is 6.98. The average Bonchev–Trinajstić information content (AvgIpc) is 3.06. The summed E-state index contributed by atoms with van der Waals surface area (Å²) in [6, 6.07) is 4.36. The Hall–Kier alpha value is -3.04. The van der Waals surface area contributed by atoms with Crippen LogP contribution >= 0.6 is 27.5 Å². The van der Waals surface area contributed by atoms with E-state index in [4.69, 9.17) is 11.6 Å². The second kappa shape index (κ2) is 8.02. The van der Waals surface area contributed by atoms with Crippen molar-refractivity contribution in [3.63, 3.8) is 0 Å². The van der Waals surface area contributed by atoms with Crippen molar-refractivity contribution >= 4 is 57.0 Å². The molecule has 4 aliphatic rings. The Morgan fingerprint density at radius 1 is 1.18 bits per heavy atom. The predicted molar refractivity (Wildman–Crippen MR) is 122 cm³/mol. The van der Waals surface area contributed by atoms with Crippen LogP contribution in [0.4, 0.5) is 4.79 Å². The highest BCUT2D eigenvalue weighted by Crippen LogP contribution is 2.56. The lowest BCUT2D eigenvalue weighted by Crippen LogP contribution is -2.40. The number of carbonyl (C=O) groups is 5. The molecule has 3 amide bonds. The Kier molecular flexibility index (Phi) is 5.37. The summed E-state index contributed by atoms with van der Waals surface area (Å²) in [5.41, 5.74) is 1.69. The van der Waals surface area contributed by atoms with Crippen molar-refractivity contribution in [2.75, 3.05) is 7.11 Å². The first kappa shape index (κ1) is 22.7. The van der Waals surface area contributed by atoms with Crippen LogP contribution in [0.2, 0.25) is 5.02 Å². The Balaban J connectivity index is 1.69. The van der Waals surface area contributed by atoms with Crippen molar-refractivity contribution in [1.82, 2.24) is 4.90 Å². The van der Waals surface area contributed by atoms with Gasteiger partial charge >= 0.3 is 6.09 Å². The zero-order chi connectivity index (χ0) is 24.5. The molecular formula is C24H17BrClNO7. The number of aromatic hydroxyl groups is 1. The number of allylic oxidation sites excluding steroid dienone is 6. The van der Waals surface area contributed by atoms with Crippen LogP contribution in [0, 0.1) is 17.8 Å². The van der Waals surface area contributed by atoms with E-state index in [0.29, 0.717) is 16.0 Å². The quantitative estimate of drug-likeness (QED) is 0.325. The molecule has 1 aromatic rings. The zero-order valence-electron chi connectivity index (χ0n) is 17.7. The van der Waals surface area contributed by atoms with Gasteiger partial charge in [0, 0.05) is 28.2 Å². The molecule has 1 aromatic carbocycles. The van der Waals surface area contributed by atoms with Crippen LogP contribution in [0.3, 0.4) is 0 Å². The molecule has 0 radical (unpaired) electrons. The highest BCUT2D eigenvalue weighted by atomic mass is 79.9. The molecule has 1 heterocycles. The first-order valence-electron chi connectivity index (χ1n) is 10.5. The maximum absolute atomic E-state index is 13.3. The number of ether oxygens (including phenoxy) is 1.